The number of rotatable bonds is 5. The first-order chi connectivity index (χ1) is 12.4. The van der Waals surface area contributed by atoms with Crippen molar-refractivity contribution in [3.05, 3.63) is 69.3 Å². The van der Waals surface area contributed by atoms with Gasteiger partial charge in [0.2, 0.25) is 0 Å². The molecular formula is C19H15ClFNO3S. The van der Waals surface area contributed by atoms with Crippen molar-refractivity contribution >= 4 is 46.4 Å². The Balaban J connectivity index is 2.11. The van der Waals surface area contributed by atoms with Crippen LogP contribution < -0.4 is 4.90 Å². The molecule has 0 unspecified atom stereocenters. The highest BCUT2D eigenvalue weighted by Gasteiger charge is 2.40. The minimum absolute atomic E-state index is 0.136. The fraction of sp³-hybridized carbons (Fsp3) is 0.158. The van der Waals surface area contributed by atoms with Crippen LogP contribution in [0.2, 0.25) is 5.02 Å². The highest BCUT2D eigenvalue weighted by atomic mass is 35.5. The molecule has 3 rings (SSSR count). The third-order valence-electron chi connectivity index (χ3n) is 3.92. The molecule has 0 radical (unpaired) electrons. The molecule has 2 aromatic rings. The average molecular weight is 392 g/mol. The van der Waals surface area contributed by atoms with Crippen LogP contribution >= 0.6 is 23.4 Å². The molecule has 0 aromatic heterocycles. The van der Waals surface area contributed by atoms with E-state index in [2.05, 4.69) is 0 Å². The van der Waals surface area contributed by atoms with Crippen molar-refractivity contribution < 1.29 is 19.1 Å². The van der Waals surface area contributed by atoms with E-state index in [1.165, 1.54) is 24.3 Å². The third kappa shape index (κ3) is 3.40. The van der Waals surface area contributed by atoms with Gasteiger partial charge in [-0.3, -0.25) is 9.59 Å². The van der Waals surface area contributed by atoms with Gasteiger partial charge in [0, 0.05) is 10.8 Å². The Labute approximate surface area is 159 Å². The monoisotopic (exact) mass is 391 g/mol. The van der Waals surface area contributed by atoms with Gasteiger partial charge in [0.1, 0.15) is 5.82 Å². The highest BCUT2D eigenvalue weighted by Crippen LogP contribution is 2.39. The Hall–Kier alpha value is -2.15. The molecule has 0 atom stereocenters. The van der Waals surface area contributed by atoms with E-state index in [1.54, 1.807) is 25.1 Å². The van der Waals surface area contributed by atoms with Crippen LogP contribution in [-0.4, -0.2) is 29.3 Å². The lowest BCUT2D eigenvalue weighted by Crippen LogP contribution is -2.32. The van der Waals surface area contributed by atoms with Crippen LogP contribution in [0.25, 0.3) is 5.57 Å². The molecule has 2 aromatic carbocycles. The van der Waals surface area contributed by atoms with Crippen molar-refractivity contribution in [3.8, 4) is 0 Å². The minimum atomic E-state index is -0.493. The Morgan fingerprint density at radius 2 is 1.81 bits per heavy atom. The van der Waals surface area contributed by atoms with Crippen LogP contribution in [0.4, 0.5) is 10.1 Å². The smallest absolute Gasteiger partial charge is 0.272 e. The van der Waals surface area contributed by atoms with Gasteiger partial charge in [-0.15, -0.1) is 11.8 Å². The largest absolute Gasteiger partial charge is 0.396 e. The summed E-state index contributed by atoms with van der Waals surface area (Å²) in [5.74, 6) is -1.13. The Kier molecular flexibility index (Phi) is 5.46. The van der Waals surface area contributed by atoms with E-state index in [-0.39, 0.29) is 22.8 Å². The van der Waals surface area contributed by atoms with Crippen molar-refractivity contribution in [1.29, 1.82) is 0 Å². The van der Waals surface area contributed by atoms with Crippen LogP contribution in [0, 0.1) is 12.7 Å². The lowest BCUT2D eigenvalue weighted by Gasteiger charge is -2.18. The number of aryl methyl sites for hydroxylation is 1. The second kappa shape index (κ2) is 7.61. The zero-order valence-electron chi connectivity index (χ0n) is 13.8. The molecule has 0 saturated heterocycles. The van der Waals surface area contributed by atoms with Gasteiger partial charge in [-0.1, -0.05) is 29.8 Å². The normalized spacial score (nSPS) is 14.5. The van der Waals surface area contributed by atoms with E-state index in [0.717, 1.165) is 22.2 Å². The fourth-order valence-electron chi connectivity index (χ4n) is 2.70. The maximum absolute atomic E-state index is 13.3. The first-order valence-electron chi connectivity index (χ1n) is 7.83. The number of aliphatic hydroxyl groups excluding tert-OH is 1. The SMILES string of the molecule is Cc1ccc(Cl)cc1N1C(=O)C(SCCO)=C(c2ccc(F)cc2)C1=O. The van der Waals surface area contributed by atoms with Crippen LogP contribution in [0.3, 0.4) is 0 Å². The number of carbonyl (C=O) groups excluding carboxylic acids is 2. The van der Waals surface area contributed by atoms with Crippen LogP contribution in [-0.2, 0) is 9.59 Å². The molecule has 0 saturated carbocycles. The lowest BCUT2D eigenvalue weighted by atomic mass is 10.1. The summed E-state index contributed by atoms with van der Waals surface area (Å²) in [7, 11) is 0. The molecule has 0 fully saturated rings. The molecule has 2 amide bonds. The van der Waals surface area contributed by atoms with Gasteiger partial charge in [-0.25, -0.2) is 9.29 Å². The molecule has 1 aliphatic rings. The number of amides is 2. The van der Waals surface area contributed by atoms with Crippen molar-refractivity contribution in [2.75, 3.05) is 17.3 Å². The summed E-state index contributed by atoms with van der Waals surface area (Å²) in [5, 5.41) is 9.52. The molecule has 134 valence electrons. The van der Waals surface area contributed by atoms with Crippen molar-refractivity contribution in [3.63, 3.8) is 0 Å². The molecule has 26 heavy (non-hydrogen) atoms. The van der Waals surface area contributed by atoms with Gasteiger partial charge >= 0.3 is 0 Å². The number of imide groups is 1. The predicted octanol–water partition coefficient (Wildman–Crippen LogP) is 3.80. The second-order valence-electron chi connectivity index (χ2n) is 5.66. The van der Waals surface area contributed by atoms with Crippen molar-refractivity contribution in [1.82, 2.24) is 0 Å². The molecule has 1 aliphatic heterocycles. The number of benzene rings is 2. The van der Waals surface area contributed by atoms with Crippen LogP contribution in [0.1, 0.15) is 11.1 Å². The fourth-order valence-corrected chi connectivity index (χ4v) is 3.73. The quantitative estimate of drug-likeness (QED) is 0.788. The van der Waals surface area contributed by atoms with Gasteiger partial charge < -0.3 is 5.11 Å². The van der Waals surface area contributed by atoms with Crippen molar-refractivity contribution in [2.45, 2.75) is 6.92 Å². The molecule has 4 nitrogen and oxygen atoms in total. The molecular weight excluding hydrogens is 377 g/mol. The van der Waals surface area contributed by atoms with E-state index in [9.17, 15) is 14.0 Å². The average Bonchev–Trinajstić information content (AvgIpc) is 2.86. The molecule has 7 heteroatoms. The number of aliphatic hydroxyl groups is 1. The Morgan fingerprint density at radius 1 is 1.12 bits per heavy atom. The molecule has 0 spiro atoms. The molecule has 1 heterocycles. The molecule has 1 N–H and O–H groups in total. The van der Waals surface area contributed by atoms with Gasteiger partial charge in [-0.2, -0.15) is 0 Å². The van der Waals surface area contributed by atoms with E-state index in [0.29, 0.717) is 16.3 Å². The van der Waals surface area contributed by atoms with Gasteiger partial charge in [0.15, 0.2) is 0 Å². The maximum Gasteiger partial charge on any atom is 0.272 e. The summed E-state index contributed by atoms with van der Waals surface area (Å²) >= 11 is 7.14. The summed E-state index contributed by atoms with van der Waals surface area (Å²) in [4.78, 5) is 27.4. The molecule has 0 bridgehead atoms. The molecule has 0 aliphatic carbocycles. The van der Waals surface area contributed by atoms with E-state index < -0.39 is 17.6 Å². The first kappa shape index (κ1) is 18.6. The second-order valence-corrected chi connectivity index (χ2v) is 7.20. The topological polar surface area (TPSA) is 57.6 Å². The summed E-state index contributed by atoms with van der Waals surface area (Å²) in [5.41, 5.74) is 1.79. The number of thioether (sulfide) groups is 1. The number of anilines is 1. The van der Waals surface area contributed by atoms with Crippen molar-refractivity contribution in [2.24, 2.45) is 0 Å². The maximum atomic E-state index is 13.3. The zero-order chi connectivity index (χ0) is 18.8. The summed E-state index contributed by atoms with van der Waals surface area (Å²) in [6, 6.07) is 10.4. The van der Waals surface area contributed by atoms with Gasteiger partial charge in [-0.05, 0) is 42.3 Å². The predicted molar refractivity (Wildman–Crippen MR) is 102 cm³/mol. The number of hydrogen-bond acceptors (Lipinski definition) is 4. The van der Waals surface area contributed by atoms with Gasteiger partial charge in [0.05, 0.1) is 22.8 Å². The Morgan fingerprint density at radius 3 is 2.46 bits per heavy atom. The van der Waals surface area contributed by atoms with E-state index in [1.807, 2.05) is 0 Å². The summed E-state index contributed by atoms with van der Waals surface area (Å²) in [6.45, 7) is 1.64. The zero-order valence-corrected chi connectivity index (χ0v) is 15.4. The van der Waals surface area contributed by atoms with Crippen LogP contribution in [0.5, 0.6) is 0 Å². The first-order valence-corrected chi connectivity index (χ1v) is 9.19. The summed E-state index contributed by atoms with van der Waals surface area (Å²) < 4.78 is 13.3. The number of carbonyl (C=O) groups is 2. The number of halogens is 2. The number of nitrogens with zero attached hydrogens (tertiary/aromatic N) is 1. The highest BCUT2D eigenvalue weighted by molar-refractivity contribution is 8.04. The lowest BCUT2D eigenvalue weighted by molar-refractivity contribution is -0.119. The third-order valence-corrected chi connectivity index (χ3v) is 5.21. The van der Waals surface area contributed by atoms with Crippen LogP contribution in [0.15, 0.2) is 47.4 Å². The number of hydrogen-bond donors (Lipinski definition) is 1. The minimum Gasteiger partial charge on any atom is -0.396 e. The standard InChI is InChI=1S/C19H15ClFNO3S/c1-11-2-5-13(20)10-15(11)22-18(24)16(12-3-6-14(21)7-4-12)17(19(22)25)26-9-8-23/h2-7,10,23H,8-9H2,1H3. The van der Waals surface area contributed by atoms with E-state index >= 15 is 0 Å². The van der Waals surface area contributed by atoms with E-state index in [4.69, 9.17) is 16.7 Å². The Bertz CT molecular complexity index is 912. The van der Waals surface area contributed by atoms with Gasteiger partial charge in [0.25, 0.3) is 11.8 Å². The summed E-state index contributed by atoms with van der Waals surface area (Å²) in [6.07, 6.45) is 0.